The van der Waals surface area contributed by atoms with Crippen molar-refractivity contribution < 1.29 is 19.0 Å². The molecule has 1 aromatic rings. The molecule has 0 aromatic carbocycles. The Kier molecular flexibility index (Phi) is 4.79. The van der Waals surface area contributed by atoms with E-state index in [1.807, 2.05) is 4.90 Å². The summed E-state index contributed by atoms with van der Waals surface area (Å²) in [5, 5.41) is 0. The number of nitrogens with zero attached hydrogens (tertiary/aromatic N) is 4. The lowest BCUT2D eigenvalue weighted by Gasteiger charge is -2.33. The van der Waals surface area contributed by atoms with Crippen LogP contribution in [0.2, 0.25) is 0 Å². The van der Waals surface area contributed by atoms with Crippen molar-refractivity contribution in [2.45, 2.75) is 6.10 Å². The molecule has 0 spiro atoms. The van der Waals surface area contributed by atoms with Crippen molar-refractivity contribution in [1.82, 2.24) is 14.9 Å². The molecule has 1 amide bonds. The van der Waals surface area contributed by atoms with Gasteiger partial charge in [-0.3, -0.25) is 4.79 Å². The number of likely N-dealkylation sites (N-methyl/N-ethyl adjacent to an activating group) is 1. The van der Waals surface area contributed by atoms with Gasteiger partial charge in [-0.2, -0.15) is 9.97 Å². The standard InChI is InChI=1S/C13H20N4O4/c1-16(2)12(18)9-8-17(5-6-21-9)13-14-10(19-3)7-11(15-13)20-4/h7,9H,5-6,8H2,1-4H3. The molecule has 2 rings (SSSR count). The average Bonchev–Trinajstić information content (AvgIpc) is 2.53. The van der Waals surface area contributed by atoms with Crippen LogP contribution in [0, 0.1) is 0 Å². The molecule has 1 atom stereocenters. The highest BCUT2D eigenvalue weighted by molar-refractivity contribution is 5.81. The molecular weight excluding hydrogens is 276 g/mol. The third kappa shape index (κ3) is 3.52. The predicted molar refractivity (Wildman–Crippen MR) is 75.8 cm³/mol. The molecule has 0 N–H and O–H groups in total. The Morgan fingerprint density at radius 1 is 1.33 bits per heavy atom. The number of amides is 1. The molecule has 1 fully saturated rings. The number of hydrogen-bond donors (Lipinski definition) is 0. The van der Waals surface area contributed by atoms with Gasteiger partial charge in [-0.1, -0.05) is 0 Å². The molecule has 1 unspecified atom stereocenters. The third-order valence-electron chi connectivity index (χ3n) is 3.15. The molecule has 0 aliphatic carbocycles. The summed E-state index contributed by atoms with van der Waals surface area (Å²) in [4.78, 5) is 24.0. The first-order chi connectivity index (χ1) is 10.0. The number of anilines is 1. The second-order valence-electron chi connectivity index (χ2n) is 4.79. The maximum Gasteiger partial charge on any atom is 0.253 e. The maximum absolute atomic E-state index is 12.0. The summed E-state index contributed by atoms with van der Waals surface area (Å²) in [6, 6.07) is 1.60. The summed E-state index contributed by atoms with van der Waals surface area (Å²) in [6.07, 6.45) is -0.519. The summed E-state index contributed by atoms with van der Waals surface area (Å²) in [7, 11) is 6.47. The van der Waals surface area contributed by atoms with E-state index in [0.29, 0.717) is 37.4 Å². The number of aromatic nitrogens is 2. The molecular formula is C13H20N4O4. The van der Waals surface area contributed by atoms with Gasteiger partial charge in [0.05, 0.1) is 33.4 Å². The summed E-state index contributed by atoms with van der Waals surface area (Å²) in [5.41, 5.74) is 0. The molecule has 2 heterocycles. The average molecular weight is 296 g/mol. The Bertz CT molecular complexity index is 487. The lowest BCUT2D eigenvalue weighted by atomic mass is 10.2. The highest BCUT2D eigenvalue weighted by atomic mass is 16.5. The molecule has 1 aromatic heterocycles. The number of carbonyl (C=O) groups excluding carboxylic acids is 1. The summed E-state index contributed by atoms with van der Waals surface area (Å²) >= 11 is 0. The van der Waals surface area contributed by atoms with E-state index >= 15 is 0 Å². The van der Waals surface area contributed by atoms with E-state index in [4.69, 9.17) is 14.2 Å². The molecule has 116 valence electrons. The second kappa shape index (κ2) is 6.57. The van der Waals surface area contributed by atoms with Crippen LogP contribution in [0.1, 0.15) is 0 Å². The zero-order valence-electron chi connectivity index (χ0n) is 12.7. The molecule has 8 heteroatoms. The zero-order chi connectivity index (χ0) is 15.4. The van der Waals surface area contributed by atoms with E-state index in [1.165, 1.54) is 19.1 Å². The summed E-state index contributed by atoms with van der Waals surface area (Å²) < 4.78 is 15.8. The van der Waals surface area contributed by atoms with Crippen molar-refractivity contribution in [3.8, 4) is 11.8 Å². The quantitative estimate of drug-likeness (QED) is 0.760. The van der Waals surface area contributed by atoms with Crippen molar-refractivity contribution in [2.75, 3.05) is 52.9 Å². The van der Waals surface area contributed by atoms with Crippen molar-refractivity contribution >= 4 is 11.9 Å². The Morgan fingerprint density at radius 2 is 1.95 bits per heavy atom. The van der Waals surface area contributed by atoms with Crippen molar-refractivity contribution in [1.29, 1.82) is 0 Å². The molecule has 1 saturated heterocycles. The Morgan fingerprint density at radius 3 is 2.48 bits per heavy atom. The normalized spacial score (nSPS) is 18.3. The van der Waals surface area contributed by atoms with Crippen molar-refractivity contribution in [3.05, 3.63) is 6.07 Å². The lowest BCUT2D eigenvalue weighted by Crippen LogP contribution is -2.50. The highest BCUT2D eigenvalue weighted by Gasteiger charge is 2.29. The third-order valence-corrected chi connectivity index (χ3v) is 3.15. The van der Waals surface area contributed by atoms with E-state index in [9.17, 15) is 4.79 Å². The van der Waals surface area contributed by atoms with Gasteiger partial charge in [0.1, 0.15) is 0 Å². The first kappa shape index (κ1) is 15.3. The Balaban J connectivity index is 2.19. The van der Waals surface area contributed by atoms with Crippen LogP contribution in [-0.4, -0.2) is 74.9 Å². The van der Waals surface area contributed by atoms with Crippen molar-refractivity contribution in [3.63, 3.8) is 0 Å². The molecule has 21 heavy (non-hydrogen) atoms. The predicted octanol–water partition coefficient (Wildman–Crippen LogP) is -0.213. The number of hydrogen-bond acceptors (Lipinski definition) is 7. The van der Waals surface area contributed by atoms with Gasteiger partial charge < -0.3 is 24.0 Å². The largest absolute Gasteiger partial charge is 0.481 e. The first-order valence-corrected chi connectivity index (χ1v) is 6.60. The molecule has 0 radical (unpaired) electrons. The zero-order valence-corrected chi connectivity index (χ0v) is 12.7. The fraction of sp³-hybridized carbons (Fsp3) is 0.615. The van der Waals surface area contributed by atoms with Gasteiger partial charge >= 0.3 is 0 Å². The van der Waals surface area contributed by atoms with Crippen molar-refractivity contribution in [2.24, 2.45) is 0 Å². The van der Waals surface area contributed by atoms with E-state index in [-0.39, 0.29) is 5.91 Å². The molecule has 8 nitrogen and oxygen atoms in total. The minimum atomic E-state index is -0.519. The first-order valence-electron chi connectivity index (χ1n) is 6.60. The van der Waals surface area contributed by atoms with Gasteiger partial charge in [-0.15, -0.1) is 0 Å². The Hall–Kier alpha value is -2.09. The van der Waals surface area contributed by atoms with Crippen LogP contribution in [0.3, 0.4) is 0 Å². The minimum Gasteiger partial charge on any atom is -0.481 e. The fourth-order valence-electron chi connectivity index (χ4n) is 2.01. The number of methoxy groups -OCH3 is 2. The fourth-order valence-corrected chi connectivity index (χ4v) is 2.01. The highest BCUT2D eigenvalue weighted by Crippen LogP contribution is 2.21. The van der Waals surface area contributed by atoms with E-state index in [0.717, 1.165) is 0 Å². The van der Waals surface area contributed by atoms with E-state index in [2.05, 4.69) is 9.97 Å². The van der Waals surface area contributed by atoms with Crippen LogP contribution in [0.4, 0.5) is 5.95 Å². The number of morpholine rings is 1. The smallest absolute Gasteiger partial charge is 0.253 e. The van der Waals surface area contributed by atoms with Crippen LogP contribution in [0.15, 0.2) is 6.07 Å². The van der Waals surface area contributed by atoms with Gasteiger partial charge in [0, 0.05) is 20.6 Å². The van der Waals surface area contributed by atoms with Crippen LogP contribution >= 0.6 is 0 Å². The van der Waals surface area contributed by atoms with Crippen LogP contribution in [0.5, 0.6) is 11.8 Å². The van der Waals surface area contributed by atoms with Crippen LogP contribution in [0.25, 0.3) is 0 Å². The van der Waals surface area contributed by atoms with Gasteiger partial charge in [-0.05, 0) is 0 Å². The molecule has 1 aliphatic heterocycles. The van der Waals surface area contributed by atoms with Gasteiger partial charge in [0.15, 0.2) is 6.10 Å². The number of carbonyl (C=O) groups is 1. The van der Waals surface area contributed by atoms with E-state index in [1.54, 1.807) is 20.2 Å². The molecule has 0 saturated carbocycles. The summed E-state index contributed by atoms with van der Waals surface area (Å²) in [6.45, 7) is 1.44. The SMILES string of the molecule is COc1cc(OC)nc(N2CCOC(C(=O)N(C)C)C2)n1. The van der Waals surface area contributed by atoms with Gasteiger partial charge in [-0.25, -0.2) is 0 Å². The van der Waals surface area contributed by atoms with E-state index < -0.39 is 6.10 Å². The monoisotopic (exact) mass is 296 g/mol. The van der Waals surface area contributed by atoms with Gasteiger partial charge in [0.25, 0.3) is 5.91 Å². The number of ether oxygens (including phenoxy) is 3. The van der Waals surface area contributed by atoms with Crippen LogP contribution < -0.4 is 14.4 Å². The minimum absolute atomic E-state index is 0.0745. The topological polar surface area (TPSA) is 77.0 Å². The van der Waals surface area contributed by atoms with Gasteiger partial charge in [0.2, 0.25) is 17.7 Å². The lowest BCUT2D eigenvalue weighted by molar-refractivity contribution is -0.141. The number of rotatable bonds is 4. The summed E-state index contributed by atoms with van der Waals surface area (Å²) in [5.74, 6) is 1.22. The second-order valence-corrected chi connectivity index (χ2v) is 4.79. The maximum atomic E-state index is 12.0. The Labute approximate surface area is 123 Å². The van der Waals surface area contributed by atoms with Crippen LogP contribution in [-0.2, 0) is 9.53 Å². The molecule has 1 aliphatic rings. The molecule has 0 bridgehead atoms.